The van der Waals surface area contributed by atoms with E-state index in [-0.39, 0.29) is 0 Å². The Morgan fingerprint density at radius 3 is 1.17 bits per heavy atom. The van der Waals surface area contributed by atoms with Gasteiger partial charge in [0.15, 0.2) is 0 Å². The molecule has 1 spiro atoms. The molecule has 12 heavy (non-hydrogen) atoms. The summed E-state index contributed by atoms with van der Waals surface area (Å²) >= 11 is 2.82. The van der Waals surface area contributed by atoms with Crippen LogP contribution in [-0.2, 0) is 6.51 Å². The predicted octanol–water partition coefficient (Wildman–Crippen LogP) is 2.87. The van der Waals surface area contributed by atoms with Crippen molar-refractivity contribution in [2.24, 2.45) is 0 Å². The minimum atomic E-state index is -2.45. The van der Waals surface area contributed by atoms with Gasteiger partial charge in [0, 0.05) is 0 Å². The van der Waals surface area contributed by atoms with Crippen LogP contribution in [0.15, 0.2) is 0 Å². The van der Waals surface area contributed by atoms with Crippen LogP contribution < -0.4 is 0 Å². The minimum absolute atomic E-state index is 1.19. The molecular formula is C10H9FeLi. The quantitative estimate of drug-likeness (QED) is 0.517. The van der Waals surface area contributed by atoms with Crippen LogP contribution >= 0.6 is 0 Å². The van der Waals surface area contributed by atoms with Crippen molar-refractivity contribution < 1.29 is 6.51 Å². The van der Waals surface area contributed by atoms with Crippen molar-refractivity contribution in [3.63, 3.8) is 0 Å². The molecule has 4 unspecified atom stereocenters. The summed E-state index contributed by atoms with van der Waals surface area (Å²) in [5.74, 6) is 0. The molecule has 0 aromatic rings. The fourth-order valence-corrected chi connectivity index (χ4v) is 92.6. The van der Waals surface area contributed by atoms with Gasteiger partial charge in [-0.1, -0.05) is 0 Å². The number of fused-ring (bicyclic) bond motifs is 10. The molecule has 0 saturated carbocycles. The maximum atomic E-state index is 2.82. The Morgan fingerprint density at radius 2 is 1.17 bits per heavy atom. The van der Waals surface area contributed by atoms with Crippen LogP contribution in [0.4, 0.5) is 0 Å². The van der Waals surface area contributed by atoms with Gasteiger partial charge in [-0.15, -0.1) is 0 Å². The van der Waals surface area contributed by atoms with Gasteiger partial charge in [-0.3, -0.25) is 0 Å². The fourth-order valence-electron chi connectivity index (χ4n) is 17.3. The number of hydrogen-bond acceptors (Lipinski definition) is 0. The van der Waals surface area contributed by atoms with Crippen molar-refractivity contribution >= 4 is 17.7 Å². The third-order valence-electron chi connectivity index (χ3n) is 15.4. The van der Waals surface area contributed by atoms with Crippen molar-refractivity contribution in [3.8, 4) is 0 Å². The number of rotatable bonds is 0. The van der Waals surface area contributed by atoms with Crippen LogP contribution in [0.2, 0.25) is 46.3 Å². The summed E-state index contributed by atoms with van der Waals surface area (Å²) in [4.78, 5) is 14.0. The van der Waals surface area contributed by atoms with Crippen LogP contribution in [0, 0.1) is 0 Å². The molecule has 10 aliphatic heterocycles. The molecule has 0 radical (unpaired) electrons. The summed E-state index contributed by atoms with van der Waals surface area (Å²) in [7, 11) is 0. The van der Waals surface area contributed by atoms with Gasteiger partial charge in [0.25, 0.3) is 0 Å². The van der Waals surface area contributed by atoms with E-state index in [9.17, 15) is 0 Å². The van der Waals surface area contributed by atoms with Gasteiger partial charge in [-0.2, -0.15) is 0 Å². The Labute approximate surface area is 70.3 Å². The average molecular weight is 192 g/mol. The first kappa shape index (κ1) is 3.94. The van der Waals surface area contributed by atoms with Gasteiger partial charge >= 0.3 is 70.6 Å². The average Bonchev–Trinajstić information content (AvgIpc) is 2.97. The van der Waals surface area contributed by atoms with E-state index >= 15 is 0 Å². The van der Waals surface area contributed by atoms with E-state index in [1.165, 1.54) is 12.6 Å². The van der Waals surface area contributed by atoms with Gasteiger partial charge in [-0.05, 0) is 0 Å². The van der Waals surface area contributed by atoms with Gasteiger partial charge in [0.2, 0.25) is 0 Å². The third kappa shape index (κ3) is 0.0248. The molecule has 0 N–H and O–H groups in total. The van der Waals surface area contributed by atoms with E-state index in [1.807, 2.05) is 0 Å². The van der Waals surface area contributed by atoms with Crippen LogP contribution in [0.25, 0.3) is 0 Å². The second-order valence-electron chi connectivity index (χ2n) is 10.1. The monoisotopic (exact) mass is 192 g/mol. The molecule has 4 atom stereocenters. The SMILES string of the molecule is [Li][C]12[CH]3[CH]4[CH]5[CH]1[Fe]45321678[CH]2[CH]1[CH]6[CH]7[CH]28. The molecule has 10 aliphatic rings. The number of hydrogen-bond donors (Lipinski definition) is 0. The molecule has 0 bridgehead atoms. The summed E-state index contributed by atoms with van der Waals surface area (Å²) in [6, 6.07) is 0. The topological polar surface area (TPSA) is 0 Å². The van der Waals surface area contributed by atoms with Crippen LogP contribution in [0.5, 0.6) is 0 Å². The molecule has 0 aliphatic carbocycles. The first-order chi connectivity index (χ1) is 5.55. The van der Waals surface area contributed by atoms with Gasteiger partial charge in [0.1, 0.15) is 0 Å². The zero-order chi connectivity index (χ0) is 7.01. The van der Waals surface area contributed by atoms with Crippen molar-refractivity contribution in [3.05, 3.63) is 0 Å². The summed E-state index contributed by atoms with van der Waals surface area (Å²) < 4.78 is 1.19. The second-order valence-corrected chi connectivity index (χ2v) is 33.9. The van der Waals surface area contributed by atoms with Crippen molar-refractivity contribution in [1.29, 1.82) is 0 Å². The molecule has 10 fully saturated rings. The first-order valence-corrected chi connectivity index (χ1v) is 12.0. The van der Waals surface area contributed by atoms with Gasteiger partial charge in [0.05, 0.1) is 0 Å². The molecule has 10 saturated heterocycles. The van der Waals surface area contributed by atoms with Crippen molar-refractivity contribution in [2.45, 2.75) is 46.3 Å². The normalized spacial score (nSPS) is 164. The van der Waals surface area contributed by atoms with E-state index in [2.05, 4.69) is 17.7 Å². The molecule has 58 valence electrons. The Balaban J connectivity index is 2.31. The molecule has 10 rings (SSSR count). The maximum absolute atomic E-state index is 2.82. The Bertz CT molecular complexity index is 755. The Hall–Kier alpha value is 1.12. The van der Waals surface area contributed by atoms with Gasteiger partial charge < -0.3 is 0 Å². The Kier molecular flexibility index (Phi) is 0.0785. The third-order valence-corrected chi connectivity index (χ3v) is 59.2. The molecule has 2 heteroatoms. The first-order valence-electron chi connectivity index (χ1n) is 5.76. The molecular weight excluding hydrogens is 183 g/mol. The van der Waals surface area contributed by atoms with Crippen molar-refractivity contribution in [2.75, 3.05) is 0 Å². The predicted molar refractivity (Wildman–Crippen MR) is 42.2 cm³/mol. The van der Waals surface area contributed by atoms with E-state index in [1.54, 1.807) is 33.7 Å². The standard InChI is InChI=1S/C5H5.C5H4.Fe.Li/c2*1-2-4-5-3-1;;/h1-5H;1-4H;;. The van der Waals surface area contributed by atoms with E-state index in [0.29, 0.717) is 0 Å². The molecule has 10 heterocycles. The zero-order valence-electron chi connectivity index (χ0n) is 7.05. The van der Waals surface area contributed by atoms with Gasteiger partial charge in [-0.25, -0.2) is 0 Å². The van der Waals surface area contributed by atoms with Crippen molar-refractivity contribution in [1.82, 2.24) is 0 Å². The molecule has 0 aromatic heterocycles. The second kappa shape index (κ2) is 0.239. The molecule has 0 aromatic carbocycles. The van der Waals surface area contributed by atoms with Crippen LogP contribution in [-0.4, -0.2) is 17.7 Å². The van der Waals surface area contributed by atoms with Crippen LogP contribution in [0.3, 0.4) is 0 Å². The van der Waals surface area contributed by atoms with E-state index in [0.717, 1.165) is 0 Å². The summed E-state index contributed by atoms with van der Waals surface area (Å²) in [6.07, 6.45) is 0. The Morgan fingerprint density at radius 1 is 0.750 bits per heavy atom. The van der Waals surface area contributed by atoms with E-state index < -0.39 is 6.51 Å². The molecule has 0 nitrogen and oxygen atoms in total. The summed E-state index contributed by atoms with van der Waals surface area (Å²) in [6.45, 7) is -2.45. The van der Waals surface area contributed by atoms with E-state index in [4.69, 9.17) is 0 Å². The molecule has 0 amide bonds. The summed E-state index contributed by atoms with van der Waals surface area (Å²) in [5, 5.41) is 0. The van der Waals surface area contributed by atoms with Crippen LogP contribution in [0.1, 0.15) is 0 Å². The summed E-state index contributed by atoms with van der Waals surface area (Å²) in [5.41, 5.74) is 0. The zero-order valence-corrected chi connectivity index (χ0v) is 8.15. The fraction of sp³-hybridized carbons (Fsp3) is 1.00.